The van der Waals surface area contributed by atoms with Crippen LogP contribution in [0.25, 0.3) is 15.9 Å². The summed E-state index contributed by atoms with van der Waals surface area (Å²) < 4.78 is 1.93. The molecule has 0 atom stereocenters. The Morgan fingerprint density at radius 2 is 2.00 bits per heavy atom. The Bertz CT molecular complexity index is 825. The van der Waals surface area contributed by atoms with Gasteiger partial charge in [0.05, 0.1) is 0 Å². The average Bonchev–Trinajstić information content (AvgIpc) is 2.95. The predicted octanol–water partition coefficient (Wildman–Crippen LogP) is 2.66. The molecule has 0 saturated heterocycles. The minimum atomic E-state index is -0.852. The number of benzene rings is 1. The monoisotopic (exact) mass is 313 g/mol. The first kappa shape index (κ1) is 16.2. The maximum absolute atomic E-state index is 12.1. The zero-order chi connectivity index (χ0) is 17.0. The van der Waals surface area contributed by atoms with Crippen LogP contribution < -0.4 is 0 Å². The molecule has 0 aliphatic rings. The molecule has 0 bridgehead atoms. The Hall–Kier alpha value is -3.14. The quantitative estimate of drug-likeness (QED) is 0.533. The van der Waals surface area contributed by atoms with Crippen molar-refractivity contribution < 1.29 is 14.7 Å². The van der Waals surface area contributed by atoms with Gasteiger partial charge in [-0.2, -0.15) is 0 Å². The van der Waals surface area contributed by atoms with Gasteiger partial charge in [-0.3, -0.25) is 14.5 Å². The number of rotatable bonds is 4. The van der Waals surface area contributed by atoms with Crippen molar-refractivity contribution >= 4 is 22.7 Å². The highest BCUT2D eigenvalue weighted by Gasteiger charge is 2.32. The van der Waals surface area contributed by atoms with Crippen LogP contribution in [0.15, 0.2) is 48.0 Å². The van der Waals surface area contributed by atoms with Crippen molar-refractivity contribution in [1.82, 2.24) is 9.47 Å². The molecule has 0 aliphatic carbocycles. The maximum Gasteiger partial charge on any atom is 0.485 e. The van der Waals surface area contributed by atoms with Crippen LogP contribution in [0.1, 0.15) is 13.3 Å². The lowest BCUT2D eigenvalue weighted by atomic mass is 10.2. The highest BCUT2D eigenvalue weighted by atomic mass is 16.3. The molecule has 1 aromatic carbocycles. The summed E-state index contributed by atoms with van der Waals surface area (Å²) in [7, 11) is 1.28. The van der Waals surface area contributed by atoms with E-state index in [1.807, 2.05) is 41.1 Å². The number of carbonyl (C=O) groups is 2. The molecule has 2 rings (SSSR count). The number of para-hydroxylation sites is 1. The summed E-state index contributed by atoms with van der Waals surface area (Å²) in [5.41, 5.74) is 0.457. The molecule has 0 aliphatic heterocycles. The number of amides is 2. The summed E-state index contributed by atoms with van der Waals surface area (Å²) in [6.45, 7) is 1.62. The van der Waals surface area contributed by atoms with Gasteiger partial charge in [-0.25, -0.2) is 0 Å². The molecule has 0 radical (unpaired) electrons. The standard InChI is InChI=1S/C16H16N4O3/c1-11(21)15(18-17)16(23)19(2)14(22)8-10-20-9-7-12-5-3-4-6-13(12)20/h3-7,9H,8,10H2,1-2H3/p+1. The van der Waals surface area contributed by atoms with Crippen molar-refractivity contribution in [2.24, 2.45) is 0 Å². The number of carbonyl (C=O) groups excluding carboxylic acids is 2. The molecule has 23 heavy (non-hydrogen) atoms. The van der Waals surface area contributed by atoms with E-state index < -0.39 is 23.3 Å². The zero-order valence-electron chi connectivity index (χ0n) is 12.9. The topological polar surface area (TPSA) is 90.7 Å². The normalized spacial score (nSPS) is 11.7. The molecule has 1 N–H and O–H groups in total. The average molecular weight is 313 g/mol. The fraction of sp³-hybridized carbons (Fsp3) is 0.250. The molecule has 2 amide bonds. The molecule has 0 fully saturated rings. The van der Waals surface area contributed by atoms with Crippen molar-refractivity contribution in [3.05, 3.63) is 53.0 Å². The molecule has 7 nitrogen and oxygen atoms in total. The van der Waals surface area contributed by atoms with Crippen LogP contribution in [0.3, 0.4) is 0 Å². The van der Waals surface area contributed by atoms with Crippen LogP contribution in [0.5, 0.6) is 0 Å². The molecule has 2 aromatic rings. The molecule has 7 heteroatoms. The smallest absolute Gasteiger partial charge is 0.485 e. The highest BCUT2D eigenvalue weighted by Crippen LogP contribution is 2.16. The van der Waals surface area contributed by atoms with Gasteiger partial charge in [-0.1, -0.05) is 18.2 Å². The molecule has 0 spiro atoms. The van der Waals surface area contributed by atoms with Crippen molar-refractivity contribution in [2.75, 3.05) is 7.05 Å². The van der Waals surface area contributed by atoms with E-state index in [-0.39, 0.29) is 6.42 Å². The van der Waals surface area contributed by atoms with Gasteiger partial charge in [-0.15, -0.1) is 0 Å². The second-order valence-corrected chi connectivity index (χ2v) is 5.11. The van der Waals surface area contributed by atoms with E-state index >= 15 is 0 Å². The number of diazo groups is 1. The fourth-order valence-corrected chi connectivity index (χ4v) is 2.26. The second-order valence-electron chi connectivity index (χ2n) is 5.11. The molecule has 0 unspecified atom stereocenters. The van der Waals surface area contributed by atoms with Crippen molar-refractivity contribution in [3.63, 3.8) is 0 Å². The zero-order valence-corrected chi connectivity index (χ0v) is 12.9. The predicted molar refractivity (Wildman–Crippen MR) is 84.7 cm³/mol. The van der Waals surface area contributed by atoms with Gasteiger partial charge in [0.1, 0.15) is 0 Å². The van der Waals surface area contributed by atoms with E-state index in [4.69, 9.17) is 5.39 Å². The first-order chi connectivity index (χ1) is 11.0. The fourth-order valence-electron chi connectivity index (χ4n) is 2.26. The lowest BCUT2D eigenvalue weighted by Crippen LogP contribution is -2.34. The molecular formula is C16H17N4O3+. The van der Waals surface area contributed by atoms with E-state index in [1.54, 1.807) is 0 Å². The van der Waals surface area contributed by atoms with Crippen molar-refractivity contribution in [2.45, 2.75) is 19.9 Å². The highest BCUT2D eigenvalue weighted by molar-refractivity contribution is 6.05. The van der Waals surface area contributed by atoms with E-state index in [2.05, 4.69) is 4.98 Å². The number of imide groups is 1. The number of nitrogens with zero attached hydrogens (tertiary/aromatic N) is 4. The van der Waals surface area contributed by atoms with Gasteiger partial charge in [0, 0.05) is 38.7 Å². The van der Waals surface area contributed by atoms with E-state index in [1.165, 1.54) is 14.0 Å². The third-order valence-electron chi connectivity index (χ3n) is 3.57. The number of aryl methyl sites for hydroxylation is 1. The van der Waals surface area contributed by atoms with E-state index in [9.17, 15) is 14.7 Å². The third kappa shape index (κ3) is 3.37. The minimum Gasteiger partial charge on any atom is -0.505 e. The van der Waals surface area contributed by atoms with Crippen LogP contribution in [-0.2, 0) is 16.1 Å². The largest absolute Gasteiger partial charge is 0.505 e. The summed E-state index contributed by atoms with van der Waals surface area (Å²) in [5, 5.41) is 19.1. The Morgan fingerprint density at radius 1 is 1.30 bits per heavy atom. The Morgan fingerprint density at radius 3 is 2.65 bits per heavy atom. The Balaban J connectivity index is 2.06. The Kier molecular flexibility index (Phi) is 4.76. The molecule has 0 saturated carbocycles. The number of hydrogen-bond donors (Lipinski definition) is 1. The number of fused-ring (bicyclic) bond motifs is 1. The van der Waals surface area contributed by atoms with Crippen LogP contribution in [-0.4, -0.2) is 33.4 Å². The van der Waals surface area contributed by atoms with Crippen LogP contribution in [0.4, 0.5) is 0 Å². The third-order valence-corrected chi connectivity index (χ3v) is 3.57. The van der Waals surface area contributed by atoms with Gasteiger partial charge in [-0.05, 0) is 17.5 Å². The first-order valence-electron chi connectivity index (χ1n) is 7.05. The summed E-state index contributed by atoms with van der Waals surface area (Å²) >= 11 is 0. The number of likely N-dealkylation sites (N-methyl/N-ethyl adjacent to an activating group) is 1. The molecular weight excluding hydrogens is 296 g/mol. The van der Waals surface area contributed by atoms with E-state index in [0.29, 0.717) is 6.54 Å². The maximum atomic E-state index is 12.1. The number of allylic oxidation sites excluding steroid dienone is 1. The Labute approximate surface area is 133 Å². The summed E-state index contributed by atoms with van der Waals surface area (Å²) in [6, 6.07) is 9.74. The van der Waals surface area contributed by atoms with Crippen molar-refractivity contribution in [1.29, 1.82) is 5.39 Å². The molecule has 1 aromatic heterocycles. The van der Waals surface area contributed by atoms with E-state index in [0.717, 1.165) is 15.8 Å². The number of aromatic nitrogens is 1. The first-order valence-corrected chi connectivity index (χ1v) is 7.05. The molecule has 1 heterocycles. The van der Waals surface area contributed by atoms with Crippen LogP contribution >= 0.6 is 0 Å². The van der Waals surface area contributed by atoms with Crippen LogP contribution in [0.2, 0.25) is 0 Å². The van der Waals surface area contributed by atoms with Gasteiger partial charge >= 0.3 is 11.6 Å². The van der Waals surface area contributed by atoms with Gasteiger partial charge in [0.15, 0.2) is 10.7 Å². The minimum absolute atomic E-state index is 0.101. The summed E-state index contributed by atoms with van der Waals surface area (Å²) in [5.74, 6) is -1.74. The van der Waals surface area contributed by atoms with Gasteiger partial charge < -0.3 is 9.67 Å². The SMILES string of the molecule is C/C(O)=C(\[N+]#N)C(=O)N(C)C(=O)CCn1ccc2ccccc21. The van der Waals surface area contributed by atoms with Gasteiger partial charge in [0.25, 0.3) is 0 Å². The molecule has 118 valence electrons. The number of aliphatic hydroxyl groups is 1. The lowest BCUT2D eigenvalue weighted by Gasteiger charge is -2.12. The lowest BCUT2D eigenvalue weighted by molar-refractivity contribution is -0.140. The van der Waals surface area contributed by atoms with Gasteiger partial charge in [0.2, 0.25) is 11.3 Å². The van der Waals surface area contributed by atoms with Crippen LogP contribution in [0, 0.1) is 5.39 Å². The second kappa shape index (κ2) is 6.75. The van der Waals surface area contributed by atoms with Crippen molar-refractivity contribution in [3.8, 4) is 0 Å². The number of hydrogen-bond acceptors (Lipinski definition) is 4. The summed E-state index contributed by atoms with van der Waals surface area (Å²) in [6.07, 6.45) is 1.98. The number of aliphatic hydroxyl groups excluding tert-OH is 1. The summed E-state index contributed by atoms with van der Waals surface area (Å²) in [4.78, 5) is 27.6.